The summed E-state index contributed by atoms with van der Waals surface area (Å²) in [6.45, 7) is 0.709. The second-order valence-electron chi connectivity index (χ2n) is 11.9. The Morgan fingerprint density at radius 2 is 1.30 bits per heavy atom. The van der Waals surface area contributed by atoms with Crippen LogP contribution in [0.1, 0.15) is 80.0 Å². The summed E-state index contributed by atoms with van der Waals surface area (Å²) in [6.07, 6.45) is 0.336. The van der Waals surface area contributed by atoms with E-state index in [1.54, 1.807) is 6.07 Å². The van der Waals surface area contributed by atoms with Crippen molar-refractivity contribution in [1.82, 2.24) is 0 Å². The molecular formula is C37H34F8O. The number of unbranched alkanes of at least 4 members (excludes halogenated alkanes) is 2. The Hall–Kier alpha value is -3.72. The molecule has 1 aliphatic carbocycles. The first-order valence-corrected chi connectivity index (χ1v) is 15.5. The molecule has 0 atom stereocenters. The average Bonchev–Trinajstić information content (AvgIpc) is 3.01. The largest absolute Gasteiger partial charge is 0.386 e. The van der Waals surface area contributed by atoms with Crippen LogP contribution in [0.25, 0.3) is 22.3 Å². The van der Waals surface area contributed by atoms with Crippen LogP contribution in [0.3, 0.4) is 0 Å². The maximum absolute atomic E-state index is 15.3. The van der Waals surface area contributed by atoms with Gasteiger partial charge >= 0.3 is 6.11 Å². The molecule has 1 aliphatic rings. The van der Waals surface area contributed by atoms with E-state index in [-0.39, 0.29) is 41.0 Å². The Bertz CT molecular complexity index is 1650. The van der Waals surface area contributed by atoms with Crippen molar-refractivity contribution < 1.29 is 39.9 Å². The zero-order chi connectivity index (χ0) is 33.0. The van der Waals surface area contributed by atoms with Gasteiger partial charge in [0, 0.05) is 11.1 Å². The van der Waals surface area contributed by atoms with Gasteiger partial charge in [0.15, 0.2) is 0 Å². The van der Waals surface area contributed by atoms with Crippen molar-refractivity contribution in [3.8, 4) is 22.3 Å². The molecule has 46 heavy (non-hydrogen) atoms. The molecule has 4 aromatic carbocycles. The highest BCUT2D eigenvalue weighted by atomic mass is 19.3. The number of benzene rings is 4. The molecule has 244 valence electrons. The Morgan fingerprint density at radius 1 is 0.674 bits per heavy atom. The lowest BCUT2D eigenvalue weighted by atomic mass is 9.82. The Morgan fingerprint density at radius 3 is 1.91 bits per heavy atom. The molecule has 0 saturated heterocycles. The van der Waals surface area contributed by atoms with E-state index in [4.69, 9.17) is 4.74 Å². The fraction of sp³-hybridized carbons (Fsp3) is 0.351. The van der Waals surface area contributed by atoms with Crippen molar-refractivity contribution in [2.24, 2.45) is 0 Å². The zero-order valence-corrected chi connectivity index (χ0v) is 25.3. The fourth-order valence-electron chi connectivity index (χ4n) is 6.14. The molecule has 1 nitrogen and oxygen atoms in total. The topological polar surface area (TPSA) is 9.23 Å². The van der Waals surface area contributed by atoms with E-state index in [1.807, 2.05) is 6.92 Å². The lowest BCUT2D eigenvalue weighted by molar-refractivity contribution is -0.278. The van der Waals surface area contributed by atoms with Gasteiger partial charge in [-0.1, -0.05) is 50.1 Å². The fourth-order valence-corrected chi connectivity index (χ4v) is 6.14. The second kappa shape index (κ2) is 14.4. The molecule has 0 radical (unpaired) electrons. The SMILES string of the molecule is CCCCCc1ccc(C(F)(F)OC2CCC(c3ccc(-c4ccc(-c5cc(F)c(CF)c(F)c5)c(F)c4)c(F)c3)CC2)c(F)c1. The smallest absolute Gasteiger partial charge is 0.313 e. The van der Waals surface area contributed by atoms with Crippen molar-refractivity contribution in [1.29, 1.82) is 0 Å². The molecule has 5 rings (SSSR count). The minimum absolute atomic E-state index is 0.106. The van der Waals surface area contributed by atoms with Crippen LogP contribution in [0.4, 0.5) is 35.1 Å². The summed E-state index contributed by atoms with van der Waals surface area (Å²) in [6, 6.07) is 13.7. The maximum atomic E-state index is 15.3. The van der Waals surface area contributed by atoms with Gasteiger partial charge in [0.2, 0.25) is 0 Å². The maximum Gasteiger partial charge on any atom is 0.386 e. The van der Waals surface area contributed by atoms with Crippen LogP contribution in [0.2, 0.25) is 0 Å². The van der Waals surface area contributed by atoms with Gasteiger partial charge in [-0.05, 0) is 103 Å². The number of hydrogen-bond acceptors (Lipinski definition) is 1. The molecule has 0 aliphatic heterocycles. The summed E-state index contributed by atoms with van der Waals surface area (Å²) in [7, 11) is 0. The van der Waals surface area contributed by atoms with E-state index in [0.29, 0.717) is 30.4 Å². The summed E-state index contributed by atoms with van der Waals surface area (Å²) in [5.41, 5.74) is -0.142. The first-order chi connectivity index (χ1) is 22.0. The van der Waals surface area contributed by atoms with Crippen molar-refractivity contribution >= 4 is 0 Å². The van der Waals surface area contributed by atoms with Gasteiger partial charge in [-0.15, -0.1) is 0 Å². The van der Waals surface area contributed by atoms with Gasteiger partial charge < -0.3 is 4.74 Å². The van der Waals surface area contributed by atoms with Crippen LogP contribution < -0.4 is 0 Å². The van der Waals surface area contributed by atoms with E-state index in [0.717, 1.165) is 49.6 Å². The third-order valence-corrected chi connectivity index (χ3v) is 8.74. The molecule has 0 unspecified atom stereocenters. The summed E-state index contributed by atoms with van der Waals surface area (Å²) in [4.78, 5) is 0. The lowest BCUT2D eigenvalue weighted by Crippen LogP contribution is -2.30. The predicted octanol–water partition coefficient (Wildman–Crippen LogP) is 11.7. The number of ether oxygens (including phenoxy) is 1. The number of hydrogen-bond donors (Lipinski definition) is 0. The third kappa shape index (κ3) is 7.46. The highest BCUT2D eigenvalue weighted by Crippen LogP contribution is 2.41. The van der Waals surface area contributed by atoms with Crippen LogP contribution in [-0.2, 0) is 23.9 Å². The van der Waals surface area contributed by atoms with E-state index < -0.39 is 59.1 Å². The van der Waals surface area contributed by atoms with Gasteiger partial charge in [-0.25, -0.2) is 26.3 Å². The van der Waals surface area contributed by atoms with E-state index >= 15 is 8.78 Å². The highest BCUT2D eigenvalue weighted by Gasteiger charge is 2.40. The highest BCUT2D eigenvalue weighted by molar-refractivity contribution is 5.72. The van der Waals surface area contributed by atoms with Crippen molar-refractivity contribution in [2.75, 3.05) is 0 Å². The lowest BCUT2D eigenvalue weighted by Gasteiger charge is -2.31. The van der Waals surface area contributed by atoms with Crippen molar-refractivity contribution in [3.63, 3.8) is 0 Å². The quantitative estimate of drug-likeness (QED) is 0.116. The normalized spacial score (nSPS) is 17.0. The average molecular weight is 647 g/mol. The number of rotatable bonds is 11. The number of halogens is 8. The van der Waals surface area contributed by atoms with Gasteiger partial charge in [-0.2, -0.15) is 8.78 Å². The molecule has 0 heterocycles. The monoisotopic (exact) mass is 646 g/mol. The van der Waals surface area contributed by atoms with E-state index in [2.05, 4.69) is 0 Å². The third-order valence-electron chi connectivity index (χ3n) is 8.74. The zero-order valence-electron chi connectivity index (χ0n) is 25.3. The molecule has 4 aromatic rings. The molecule has 0 aromatic heterocycles. The molecular weight excluding hydrogens is 612 g/mol. The molecule has 9 heteroatoms. The number of alkyl halides is 3. The standard InChI is InChI=1S/C37H34F8O/c1-2-3-4-5-22-6-15-31(36(43)16-22)37(44,45)46-27-11-7-23(8-12-27)24-9-13-28(32(39)17-24)25-10-14-29(33(40)18-25)26-19-34(41)30(21-38)35(42)20-26/h6,9-10,13-20,23,27H,2-5,7-8,11-12,21H2,1H3. The van der Waals surface area contributed by atoms with E-state index in [9.17, 15) is 26.3 Å². The second-order valence-corrected chi connectivity index (χ2v) is 11.9. The van der Waals surface area contributed by atoms with Crippen LogP contribution >= 0.6 is 0 Å². The first-order valence-electron chi connectivity index (χ1n) is 15.5. The Kier molecular flexibility index (Phi) is 10.5. The van der Waals surface area contributed by atoms with Crippen LogP contribution in [0, 0.1) is 29.1 Å². The molecule has 1 fully saturated rings. The predicted molar refractivity (Wildman–Crippen MR) is 162 cm³/mol. The molecule has 0 spiro atoms. The van der Waals surface area contributed by atoms with Crippen LogP contribution in [-0.4, -0.2) is 6.10 Å². The van der Waals surface area contributed by atoms with E-state index in [1.165, 1.54) is 30.3 Å². The van der Waals surface area contributed by atoms with Gasteiger partial charge in [0.25, 0.3) is 0 Å². The van der Waals surface area contributed by atoms with Gasteiger partial charge in [0.05, 0.1) is 17.2 Å². The molecule has 0 amide bonds. The van der Waals surface area contributed by atoms with Gasteiger partial charge in [0.1, 0.15) is 35.8 Å². The minimum Gasteiger partial charge on any atom is -0.313 e. The van der Waals surface area contributed by atoms with Crippen molar-refractivity contribution in [2.45, 2.75) is 83.1 Å². The van der Waals surface area contributed by atoms with Crippen LogP contribution in [0.5, 0.6) is 0 Å². The number of aryl methyl sites for hydroxylation is 1. The molecule has 0 N–H and O–H groups in total. The summed E-state index contributed by atoms with van der Waals surface area (Å²) in [5, 5.41) is 0. The minimum atomic E-state index is -3.79. The van der Waals surface area contributed by atoms with Crippen LogP contribution in [0.15, 0.2) is 66.7 Å². The summed E-state index contributed by atoms with van der Waals surface area (Å²) in [5.74, 6) is -4.83. The summed E-state index contributed by atoms with van der Waals surface area (Å²) >= 11 is 0. The Labute approximate surface area is 263 Å². The molecule has 0 bridgehead atoms. The first kappa shape index (κ1) is 33.6. The van der Waals surface area contributed by atoms with Crippen molar-refractivity contribution in [3.05, 3.63) is 118 Å². The summed E-state index contributed by atoms with van der Waals surface area (Å²) < 4.78 is 121. The molecule has 1 saturated carbocycles. The van der Waals surface area contributed by atoms with Gasteiger partial charge in [-0.3, -0.25) is 0 Å². The Balaban J connectivity index is 1.22.